The normalized spacial score (nSPS) is 26.6. The molecule has 0 saturated carbocycles. The Bertz CT molecular complexity index is 557. The lowest BCUT2D eigenvalue weighted by Crippen LogP contribution is -1.94. The molecule has 0 aromatic carbocycles. The Balaban J connectivity index is 3.32. The molecule has 2 nitrogen and oxygen atoms in total. The van der Waals surface area contributed by atoms with Gasteiger partial charge in [-0.3, -0.25) is 0 Å². The van der Waals surface area contributed by atoms with E-state index in [0.717, 1.165) is 0 Å². The molecule has 1 aromatic rings. The van der Waals surface area contributed by atoms with E-state index in [2.05, 4.69) is 25.7 Å². The molecule has 0 bridgehead atoms. The highest BCUT2D eigenvalue weighted by Gasteiger charge is 1.91. The third-order valence-electron chi connectivity index (χ3n) is 0.739. The van der Waals surface area contributed by atoms with Gasteiger partial charge in [0.1, 0.15) is 10.4 Å². The van der Waals surface area contributed by atoms with Crippen molar-refractivity contribution in [2.75, 3.05) is 6.56 Å². The number of hydrogen-bond donors (Lipinski definition) is 0. The van der Waals surface area contributed by atoms with E-state index in [4.69, 9.17) is 13.7 Å². The Hall–Kier alpha value is -0.570. The van der Waals surface area contributed by atoms with Crippen molar-refractivity contribution in [2.45, 2.75) is 13.2 Å². The minimum absolute atomic E-state index is 0.135. The Labute approximate surface area is 88.8 Å². The van der Waals surface area contributed by atoms with Gasteiger partial charge in [0.25, 0.3) is 0 Å². The maximum absolute atomic E-state index is 7.59. The first kappa shape index (κ1) is 2.22. The van der Waals surface area contributed by atoms with Gasteiger partial charge < -0.3 is 4.74 Å². The molecule has 0 atom stereocenters. The minimum atomic E-state index is -3.39. The van der Waals surface area contributed by atoms with Crippen LogP contribution in [0, 0.1) is 0 Å². The van der Waals surface area contributed by atoms with E-state index in [-0.39, 0.29) is 4.60 Å². The lowest BCUT2D eigenvalue weighted by molar-refractivity contribution is 0.316. The molecule has 0 aliphatic rings. The molecule has 0 amide bonds. The second kappa shape index (κ2) is 4.34. The molecule has 1 heterocycles. The number of nitrogens with zero attached hydrogens (tertiary/aromatic N) is 1. The summed E-state index contributed by atoms with van der Waals surface area (Å²) in [7, 11) is 0. The van der Waals surface area contributed by atoms with Crippen LogP contribution in [-0.2, 0) is 0 Å². The summed E-state index contributed by atoms with van der Waals surface area (Å²) in [5, 5.41) is 0. The van der Waals surface area contributed by atoms with Crippen LogP contribution in [0.4, 0.5) is 0 Å². The van der Waals surface area contributed by atoms with Crippen molar-refractivity contribution in [3.63, 3.8) is 0 Å². The van der Waals surface area contributed by atoms with E-state index in [1.807, 2.05) is 0 Å². The van der Waals surface area contributed by atoms with Crippen LogP contribution in [0.15, 0.2) is 22.9 Å². The van der Waals surface area contributed by atoms with Gasteiger partial charge in [0, 0.05) is 6.85 Å². The molecule has 0 radical (unpaired) electrons. The molecule has 0 N–H and O–H groups in total. The van der Waals surface area contributed by atoms with Crippen LogP contribution in [0.1, 0.15) is 26.9 Å². The van der Waals surface area contributed by atoms with Gasteiger partial charge in [-0.05, 0) is 34.4 Å². The zero-order chi connectivity index (χ0) is 16.8. The Kier molecular flexibility index (Phi) is 0.876. The zero-order valence-electron chi connectivity index (χ0n) is 15.2. The molecule has 1 rings (SSSR count). The first-order valence-electron chi connectivity index (χ1n) is 7.54. The SMILES string of the molecule is [2H]c1nc(Br)c([2H])c([2H])c1OC([2H])([2H])C([2H])([2H])C([2H])([2H])[2H]. The number of rotatable bonds is 3. The third kappa shape index (κ3) is 2.89. The van der Waals surface area contributed by atoms with Crippen molar-refractivity contribution >= 4 is 15.9 Å². The van der Waals surface area contributed by atoms with Crippen LogP contribution in [0.25, 0.3) is 0 Å². The Morgan fingerprint density at radius 2 is 2.82 bits per heavy atom. The lowest BCUT2D eigenvalue weighted by atomic mass is 10.4. The van der Waals surface area contributed by atoms with E-state index in [0.29, 0.717) is 0 Å². The zero-order valence-corrected chi connectivity index (χ0v) is 6.82. The average Bonchev–Trinajstić information content (AvgIpc) is 2.30. The van der Waals surface area contributed by atoms with Gasteiger partial charge >= 0.3 is 0 Å². The van der Waals surface area contributed by atoms with Gasteiger partial charge in [-0.2, -0.15) is 0 Å². The summed E-state index contributed by atoms with van der Waals surface area (Å²) >= 11 is 2.83. The number of halogens is 1. The summed E-state index contributed by atoms with van der Waals surface area (Å²) in [6.45, 7) is -6.68. The van der Waals surface area contributed by atoms with Crippen LogP contribution < -0.4 is 4.74 Å². The van der Waals surface area contributed by atoms with Crippen LogP contribution in [0.3, 0.4) is 0 Å². The smallest absolute Gasteiger partial charge is 0.137 e. The van der Waals surface area contributed by atoms with Crippen LogP contribution in [-0.4, -0.2) is 11.5 Å². The Morgan fingerprint density at radius 3 is 3.64 bits per heavy atom. The molecular weight excluding hydrogens is 206 g/mol. The maximum atomic E-state index is 7.59. The molecule has 1 aromatic heterocycles. The quantitative estimate of drug-likeness (QED) is 0.739. The molecule has 0 aliphatic carbocycles. The molecule has 0 aliphatic heterocycles. The van der Waals surface area contributed by atoms with E-state index in [1.54, 1.807) is 0 Å². The first-order valence-corrected chi connectivity index (χ1v) is 3.34. The monoisotopic (exact) mass is 225 g/mol. The molecule has 3 heteroatoms. The fraction of sp³-hybridized carbons (Fsp3) is 0.375. The number of ether oxygens (including phenoxy) is 1. The third-order valence-corrected chi connectivity index (χ3v) is 1.11. The van der Waals surface area contributed by atoms with Crippen molar-refractivity contribution in [1.29, 1.82) is 0 Å². The van der Waals surface area contributed by atoms with Gasteiger partial charge in [0.05, 0.1) is 19.6 Å². The number of aromatic nitrogens is 1. The van der Waals surface area contributed by atoms with Crippen molar-refractivity contribution in [1.82, 2.24) is 4.98 Å². The van der Waals surface area contributed by atoms with Gasteiger partial charge in [0.2, 0.25) is 0 Å². The van der Waals surface area contributed by atoms with Crippen LogP contribution >= 0.6 is 15.9 Å². The highest BCUT2D eigenvalue weighted by atomic mass is 79.9. The summed E-state index contributed by atoms with van der Waals surface area (Å²) in [4.78, 5) is 3.48. The van der Waals surface area contributed by atoms with E-state index < -0.39 is 43.8 Å². The van der Waals surface area contributed by atoms with Crippen molar-refractivity contribution in [3.05, 3.63) is 22.9 Å². The molecule has 0 unspecified atom stereocenters. The molecular formula is C8H10BrNO. The van der Waals surface area contributed by atoms with E-state index >= 15 is 0 Å². The summed E-state index contributed by atoms with van der Waals surface area (Å²) in [5.41, 5.74) is 0. The summed E-state index contributed by atoms with van der Waals surface area (Å²) < 4.78 is 77.8. The fourth-order valence-corrected chi connectivity index (χ4v) is 0.577. The number of hydrogen-bond acceptors (Lipinski definition) is 2. The van der Waals surface area contributed by atoms with E-state index in [1.165, 1.54) is 0 Å². The molecule has 0 fully saturated rings. The van der Waals surface area contributed by atoms with Gasteiger partial charge in [0.15, 0.2) is 0 Å². The summed E-state index contributed by atoms with van der Waals surface area (Å²) in [6.07, 6.45) is -4.11. The highest BCUT2D eigenvalue weighted by molar-refractivity contribution is 9.10. The second-order valence-electron chi connectivity index (χ2n) is 1.42. The van der Waals surface area contributed by atoms with Gasteiger partial charge in [-0.1, -0.05) is 6.85 Å². The molecule has 0 saturated heterocycles. The van der Waals surface area contributed by atoms with Crippen LogP contribution in [0.5, 0.6) is 5.75 Å². The molecule has 11 heavy (non-hydrogen) atoms. The summed E-state index contributed by atoms with van der Waals surface area (Å²) in [6, 6.07) is -1.20. The van der Waals surface area contributed by atoms with Crippen molar-refractivity contribution in [2.24, 2.45) is 0 Å². The fourth-order valence-electron chi connectivity index (χ4n) is 0.389. The first-order chi connectivity index (χ1) is 9.22. The Morgan fingerprint density at radius 1 is 1.91 bits per heavy atom. The van der Waals surface area contributed by atoms with E-state index in [9.17, 15) is 0 Å². The van der Waals surface area contributed by atoms with Crippen LogP contribution in [0.2, 0.25) is 0 Å². The lowest BCUT2D eigenvalue weighted by Gasteiger charge is -2.02. The predicted molar refractivity (Wildman–Crippen MR) is 47.7 cm³/mol. The largest absolute Gasteiger partial charge is 0.492 e. The van der Waals surface area contributed by atoms with Crippen molar-refractivity contribution in [3.8, 4) is 5.75 Å². The standard InChI is InChI=1S/C8H10BrNO/c1-2-5-11-7-3-4-8(9)10-6-7/h3-4,6H,2,5H2,1H3/i1D3,2D2,3D,4D,5D2,6D. The maximum Gasteiger partial charge on any atom is 0.137 e. The second-order valence-corrected chi connectivity index (χ2v) is 2.17. The molecule has 0 spiro atoms. The topological polar surface area (TPSA) is 22.1 Å². The highest BCUT2D eigenvalue weighted by Crippen LogP contribution is 2.12. The summed E-state index contributed by atoms with van der Waals surface area (Å²) in [5.74, 6) is -0.804. The average molecular weight is 226 g/mol. The number of pyridine rings is 1. The molecule has 60 valence electrons. The van der Waals surface area contributed by atoms with Crippen molar-refractivity contribution < 1.29 is 18.4 Å². The van der Waals surface area contributed by atoms with Gasteiger partial charge in [-0.15, -0.1) is 0 Å². The minimum Gasteiger partial charge on any atom is -0.492 e. The predicted octanol–water partition coefficient (Wildman–Crippen LogP) is 2.63. The van der Waals surface area contributed by atoms with Gasteiger partial charge in [-0.25, -0.2) is 4.98 Å².